The predicted octanol–water partition coefficient (Wildman–Crippen LogP) is 5.60. The van der Waals surface area contributed by atoms with Crippen molar-refractivity contribution in [2.45, 2.75) is 6.92 Å². The summed E-state index contributed by atoms with van der Waals surface area (Å²) in [6, 6.07) is 10.3. The molecule has 1 heterocycles. The molecule has 0 aliphatic carbocycles. The van der Waals surface area contributed by atoms with Crippen LogP contribution in [0.5, 0.6) is 11.5 Å². The molecule has 0 unspecified atom stereocenters. The zero-order valence-corrected chi connectivity index (χ0v) is 18.7. The van der Waals surface area contributed by atoms with Gasteiger partial charge in [0, 0.05) is 26.3 Å². The number of aromatic nitrogens is 2. The number of phenolic OH excluding ortho intramolecular Hbond substituents is 2. The molecule has 138 valence electrons. The molecule has 6 nitrogen and oxygen atoms in total. The van der Waals surface area contributed by atoms with Gasteiger partial charge in [0.1, 0.15) is 11.5 Å². The molecule has 1 aromatic heterocycles. The monoisotopic (exact) mass is 554 g/mol. The Morgan fingerprint density at radius 3 is 2.56 bits per heavy atom. The smallest absolute Gasteiger partial charge is 0.165 e. The molecule has 3 rings (SSSR count). The van der Waals surface area contributed by atoms with E-state index < -0.39 is 0 Å². The number of hydrazone groups is 1. The van der Waals surface area contributed by atoms with E-state index >= 15 is 0 Å². The third kappa shape index (κ3) is 4.85. The van der Waals surface area contributed by atoms with E-state index in [2.05, 4.69) is 68.3 Å². The first-order valence-corrected chi connectivity index (χ1v) is 10.0. The standard InChI is InChI=1S/C18H13Br3N4O2/c1-9-4-16(25-22-8-10-5-11(19)2-3-15(10)26)24-18(23-9)13-6-12(20)7-14(21)17(13)27/h2-8,26-27H,1H3,(H,23,24,25)/b22-8+. The van der Waals surface area contributed by atoms with E-state index in [4.69, 9.17) is 0 Å². The number of benzene rings is 2. The van der Waals surface area contributed by atoms with Crippen molar-refractivity contribution in [1.82, 2.24) is 9.97 Å². The molecule has 0 bridgehead atoms. The maximum Gasteiger partial charge on any atom is 0.165 e. The van der Waals surface area contributed by atoms with Crippen molar-refractivity contribution in [2.75, 3.05) is 5.43 Å². The number of aryl methyl sites for hydroxylation is 1. The number of nitrogens with zero attached hydrogens (tertiary/aromatic N) is 3. The fourth-order valence-corrected chi connectivity index (χ4v) is 3.88. The van der Waals surface area contributed by atoms with Gasteiger partial charge >= 0.3 is 0 Å². The number of phenols is 2. The quantitative estimate of drug-likeness (QED) is 0.288. The van der Waals surface area contributed by atoms with Gasteiger partial charge in [-0.05, 0) is 53.2 Å². The number of halogens is 3. The summed E-state index contributed by atoms with van der Waals surface area (Å²) in [5.41, 5.74) is 4.57. The molecule has 0 saturated carbocycles. The van der Waals surface area contributed by atoms with Crippen molar-refractivity contribution in [3.63, 3.8) is 0 Å². The van der Waals surface area contributed by atoms with Gasteiger partial charge < -0.3 is 10.2 Å². The van der Waals surface area contributed by atoms with Crippen molar-refractivity contribution in [1.29, 1.82) is 0 Å². The van der Waals surface area contributed by atoms with E-state index in [1.165, 1.54) is 6.21 Å². The summed E-state index contributed by atoms with van der Waals surface area (Å²) in [7, 11) is 0. The molecule has 2 aromatic carbocycles. The van der Waals surface area contributed by atoms with Crippen molar-refractivity contribution >= 4 is 59.8 Å². The van der Waals surface area contributed by atoms with Crippen LogP contribution < -0.4 is 5.43 Å². The van der Waals surface area contributed by atoms with Crippen LogP contribution >= 0.6 is 47.8 Å². The number of hydrogen-bond donors (Lipinski definition) is 3. The van der Waals surface area contributed by atoms with Crippen LogP contribution in [0.1, 0.15) is 11.3 Å². The van der Waals surface area contributed by atoms with Crippen molar-refractivity contribution < 1.29 is 10.2 Å². The Morgan fingerprint density at radius 2 is 1.78 bits per heavy atom. The molecule has 9 heteroatoms. The first-order chi connectivity index (χ1) is 12.8. The molecule has 3 N–H and O–H groups in total. The molecular weight excluding hydrogens is 544 g/mol. The Balaban J connectivity index is 1.90. The molecule has 0 aliphatic rings. The van der Waals surface area contributed by atoms with Crippen molar-refractivity contribution in [3.05, 3.63) is 61.1 Å². The number of anilines is 1. The first kappa shape index (κ1) is 19.8. The van der Waals surface area contributed by atoms with Gasteiger partial charge in [0.15, 0.2) is 11.6 Å². The maximum absolute atomic E-state index is 10.3. The average Bonchev–Trinajstić information content (AvgIpc) is 2.60. The van der Waals surface area contributed by atoms with Crippen LogP contribution in [0, 0.1) is 6.92 Å². The minimum absolute atomic E-state index is 0.0531. The largest absolute Gasteiger partial charge is 0.507 e. The van der Waals surface area contributed by atoms with Gasteiger partial charge in [0.25, 0.3) is 0 Å². The topological polar surface area (TPSA) is 90.6 Å². The maximum atomic E-state index is 10.3. The second-order valence-corrected chi connectivity index (χ2v) is 8.26. The van der Waals surface area contributed by atoms with E-state index in [-0.39, 0.29) is 11.5 Å². The second-order valence-electron chi connectivity index (χ2n) is 5.58. The van der Waals surface area contributed by atoms with E-state index in [9.17, 15) is 10.2 Å². The zero-order chi connectivity index (χ0) is 19.6. The van der Waals surface area contributed by atoms with E-state index in [1.54, 1.807) is 36.4 Å². The molecular formula is C18H13Br3N4O2. The summed E-state index contributed by atoms with van der Waals surface area (Å²) >= 11 is 10.1. The highest BCUT2D eigenvalue weighted by Crippen LogP contribution is 2.37. The Kier molecular flexibility index (Phi) is 6.13. The molecule has 0 radical (unpaired) electrons. The van der Waals surface area contributed by atoms with E-state index in [0.29, 0.717) is 32.9 Å². The van der Waals surface area contributed by atoms with Crippen LogP contribution in [-0.4, -0.2) is 26.4 Å². The molecule has 0 fully saturated rings. The van der Waals surface area contributed by atoms with Gasteiger partial charge in [-0.15, -0.1) is 0 Å². The molecule has 0 aliphatic heterocycles. The van der Waals surface area contributed by atoms with Crippen LogP contribution in [0.4, 0.5) is 5.82 Å². The van der Waals surface area contributed by atoms with E-state index in [0.717, 1.165) is 8.95 Å². The molecule has 0 saturated heterocycles. The third-order valence-electron chi connectivity index (χ3n) is 3.50. The van der Waals surface area contributed by atoms with Gasteiger partial charge in [-0.1, -0.05) is 31.9 Å². The summed E-state index contributed by atoms with van der Waals surface area (Å²) < 4.78 is 2.15. The van der Waals surface area contributed by atoms with Crippen LogP contribution in [0.25, 0.3) is 11.4 Å². The average molecular weight is 557 g/mol. The molecule has 27 heavy (non-hydrogen) atoms. The Morgan fingerprint density at radius 1 is 1.00 bits per heavy atom. The lowest BCUT2D eigenvalue weighted by Gasteiger charge is -2.09. The van der Waals surface area contributed by atoms with Gasteiger partial charge in [-0.3, -0.25) is 5.43 Å². The van der Waals surface area contributed by atoms with Gasteiger partial charge in [-0.25, -0.2) is 9.97 Å². The number of rotatable bonds is 4. The predicted molar refractivity (Wildman–Crippen MR) is 116 cm³/mol. The molecule has 0 spiro atoms. The van der Waals surface area contributed by atoms with E-state index in [1.807, 2.05) is 6.92 Å². The first-order valence-electron chi connectivity index (χ1n) is 7.65. The van der Waals surface area contributed by atoms with Gasteiger partial charge in [0.05, 0.1) is 16.3 Å². The van der Waals surface area contributed by atoms with Crippen LogP contribution in [0.2, 0.25) is 0 Å². The highest BCUT2D eigenvalue weighted by Gasteiger charge is 2.13. The zero-order valence-electron chi connectivity index (χ0n) is 13.9. The molecule has 0 atom stereocenters. The summed E-state index contributed by atoms with van der Waals surface area (Å²) in [5, 5.41) is 24.3. The lowest BCUT2D eigenvalue weighted by atomic mass is 10.2. The second kappa shape index (κ2) is 8.37. The Hall–Kier alpha value is -1.97. The van der Waals surface area contributed by atoms with Crippen molar-refractivity contribution in [3.8, 4) is 22.9 Å². The number of nitrogens with one attached hydrogen (secondary N) is 1. The molecule has 3 aromatic rings. The summed E-state index contributed by atoms with van der Waals surface area (Å²) in [4.78, 5) is 8.80. The number of hydrogen-bond acceptors (Lipinski definition) is 6. The van der Waals surface area contributed by atoms with Crippen molar-refractivity contribution in [2.24, 2.45) is 5.10 Å². The van der Waals surface area contributed by atoms with Crippen LogP contribution in [-0.2, 0) is 0 Å². The highest BCUT2D eigenvalue weighted by molar-refractivity contribution is 9.11. The lowest BCUT2D eigenvalue weighted by Crippen LogP contribution is -1.99. The highest BCUT2D eigenvalue weighted by atomic mass is 79.9. The minimum Gasteiger partial charge on any atom is -0.507 e. The summed E-state index contributed by atoms with van der Waals surface area (Å²) in [6.45, 7) is 1.82. The lowest BCUT2D eigenvalue weighted by molar-refractivity contribution is 0.473. The van der Waals surface area contributed by atoms with Crippen LogP contribution in [0.3, 0.4) is 0 Å². The normalized spacial score (nSPS) is 11.1. The summed E-state index contributed by atoms with van der Waals surface area (Å²) in [6.07, 6.45) is 1.49. The fraction of sp³-hybridized carbons (Fsp3) is 0.0556. The molecule has 0 amide bonds. The Bertz CT molecular complexity index is 1040. The van der Waals surface area contributed by atoms with Crippen LogP contribution in [0.15, 0.2) is 54.9 Å². The SMILES string of the molecule is Cc1cc(N/N=C/c2cc(Br)ccc2O)nc(-c2cc(Br)cc(Br)c2O)n1. The Labute approximate surface area is 180 Å². The fourth-order valence-electron chi connectivity index (χ4n) is 2.28. The van der Waals surface area contributed by atoms with Gasteiger partial charge in [-0.2, -0.15) is 5.10 Å². The summed E-state index contributed by atoms with van der Waals surface area (Å²) in [5.74, 6) is 0.987. The van der Waals surface area contributed by atoms with Gasteiger partial charge in [0.2, 0.25) is 0 Å². The number of aromatic hydroxyl groups is 2. The third-order valence-corrected chi connectivity index (χ3v) is 5.05. The minimum atomic E-state index is 0.0531.